The number of hydrogen-bond acceptors (Lipinski definition) is 4. The van der Waals surface area contributed by atoms with Crippen molar-refractivity contribution >= 4 is 34.2 Å². The number of halogens is 1. The van der Waals surface area contributed by atoms with Crippen molar-refractivity contribution in [3.8, 4) is 11.1 Å². The molecule has 0 saturated heterocycles. The number of amides is 1. The Morgan fingerprint density at radius 3 is 2.59 bits per heavy atom. The van der Waals surface area contributed by atoms with Crippen molar-refractivity contribution in [2.45, 2.75) is 12.5 Å². The molecule has 5 rings (SSSR count). The van der Waals surface area contributed by atoms with E-state index in [0.717, 1.165) is 33.2 Å². The zero-order valence-corrected chi connectivity index (χ0v) is 21.0. The molecular formula is C29H26ClN5O2. The third-order valence-corrected chi connectivity index (χ3v) is 6.81. The number of nitrogens with two attached hydrogens (primary N) is 1. The Balaban J connectivity index is 1.39. The van der Waals surface area contributed by atoms with E-state index in [1.165, 1.54) is 0 Å². The van der Waals surface area contributed by atoms with Gasteiger partial charge in [0.25, 0.3) is 0 Å². The van der Waals surface area contributed by atoms with Gasteiger partial charge < -0.3 is 16.0 Å². The van der Waals surface area contributed by atoms with E-state index in [0.29, 0.717) is 29.1 Å². The largest absolute Gasteiger partial charge is 0.366 e. The number of carbonyl (C=O) groups excluding carboxylic acids is 2. The second-order valence-corrected chi connectivity index (χ2v) is 9.36. The van der Waals surface area contributed by atoms with Crippen LogP contribution in [0.4, 0.5) is 0 Å². The second-order valence-electron chi connectivity index (χ2n) is 8.95. The van der Waals surface area contributed by atoms with Crippen LogP contribution >= 0.6 is 11.6 Å². The SMILES string of the molecule is Cn1cc(-c2ccc3c(C(=O)C(NCCc4ccc(C(N)=O)cc4Cl)c4ccccc4)c[nH]c3c2)cn1. The zero-order valence-electron chi connectivity index (χ0n) is 20.2. The lowest BCUT2D eigenvalue weighted by Gasteiger charge is -2.18. The number of aryl methyl sites for hydroxylation is 1. The summed E-state index contributed by atoms with van der Waals surface area (Å²) in [6.07, 6.45) is 6.13. The average Bonchev–Trinajstić information content (AvgIpc) is 3.53. The van der Waals surface area contributed by atoms with Crippen LogP contribution in [0.3, 0.4) is 0 Å². The van der Waals surface area contributed by atoms with Crippen LogP contribution in [0, 0.1) is 0 Å². The highest BCUT2D eigenvalue weighted by molar-refractivity contribution is 6.31. The van der Waals surface area contributed by atoms with Gasteiger partial charge in [-0.3, -0.25) is 14.3 Å². The number of Topliss-reactive ketones (excluding diaryl/α,β-unsaturated/α-hetero) is 1. The summed E-state index contributed by atoms with van der Waals surface area (Å²) in [5.41, 5.74) is 11.0. The molecule has 0 aliphatic carbocycles. The van der Waals surface area contributed by atoms with E-state index in [4.69, 9.17) is 17.3 Å². The highest BCUT2D eigenvalue weighted by atomic mass is 35.5. The molecule has 0 saturated carbocycles. The number of aromatic nitrogens is 3. The lowest BCUT2D eigenvalue weighted by Crippen LogP contribution is -2.30. The number of benzene rings is 3. The molecule has 1 atom stereocenters. The molecule has 2 heterocycles. The normalized spacial score (nSPS) is 12.1. The summed E-state index contributed by atoms with van der Waals surface area (Å²) in [7, 11) is 1.88. The molecule has 37 heavy (non-hydrogen) atoms. The van der Waals surface area contributed by atoms with Gasteiger partial charge in [-0.25, -0.2) is 0 Å². The Morgan fingerprint density at radius 2 is 1.89 bits per heavy atom. The molecular weight excluding hydrogens is 486 g/mol. The molecule has 0 radical (unpaired) electrons. The number of carbonyl (C=O) groups is 2. The van der Waals surface area contributed by atoms with Crippen molar-refractivity contribution in [3.63, 3.8) is 0 Å². The molecule has 0 spiro atoms. The van der Waals surface area contributed by atoms with Gasteiger partial charge in [-0.05, 0) is 41.3 Å². The predicted molar refractivity (Wildman–Crippen MR) is 146 cm³/mol. The predicted octanol–water partition coefficient (Wildman–Crippen LogP) is 5.08. The maximum Gasteiger partial charge on any atom is 0.248 e. The number of hydrogen-bond donors (Lipinski definition) is 3. The Kier molecular flexibility index (Phi) is 6.90. The third kappa shape index (κ3) is 5.18. The van der Waals surface area contributed by atoms with Crippen LogP contribution in [0.15, 0.2) is 85.3 Å². The van der Waals surface area contributed by atoms with Gasteiger partial charge in [-0.2, -0.15) is 5.10 Å². The molecule has 1 amide bonds. The van der Waals surface area contributed by atoms with Crippen molar-refractivity contribution in [3.05, 3.63) is 113 Å². The summed E-state index contributed by atoms with van der Waals surface area (Å²) in [5.74, 6) is -0.547. The topological polar surface area (TPSA) is 106 Å². The second kappa shape index (κ2) is 10.4. The van der Waals surface area contributed by atoms with Crippen LogP contribution in [0.25, 0.3) is 22.0 Å². The first-order valence-electron chi connectivity index (χ1n) is 11.9. The van der Waals surface area contributed by atoms with Crippen LogP contribution in [0.1, 0.15) is 37.9 Å². The molecule has 8 heteroatoms. The molecule has 0 fully saturated rings. The summed E-state index contributed by atoms with van der Waals surface area (Å²) >= 11 is 6.36. The number of fused-ring (bicyclic) bond motifs is 1. The first-order chi connectivity index (χ1) is 17.9. The summed E-state index contributed by atoms with van der Waals surface area (Å²) in [5, 5.41) is 9.00. The van der Waals surface area contributed by atoms with Crippen molar-refractivity contribution in [2.24, 2.45) is 12.8 Å². The fourth-order valence-corrected chi connectivity index (χ4v) is 4.77. The van der Waals surface area contributed by atoms with E-state index >= 15 is 0 Å². The van der Waals surface area contributed by atoms with E-state index in [2.05, 4.69) is 15.4 Å². The van der Waals surface area contributed by atoms with E-state index in [1.807, 2.05) is 68.0 Å². The van der Waals surface area contributed by atoms with Crippen LogP contribution < -0.4 is 11.1 Å². The van der Waals surface area contributed by atoms with Gasteiger partial charge in [0.2, 0.25) is 5.91 Å². The van der Waals surface area contributed by atoms with Crippen molar-refractivity contribution < 1.29 is 9.59 Å². The van der Waals surface area contributed by atoms with Gasteiger partial charge in [0.15, 0.2) is 5.78 Å². The molecule has 1 unspecified atom stereocenters. The minimum atomic E-state index is -0.540. The molecule has 3 aromatic carbocycles. The summed E-state index contributed by atoms with van der Waals surface area (Å²) < 4.78 is 1.76. The Hall–Kier alpha value is -4.20. The number of H-pyrrole nitrogens is 1. The van der Waals surface area contributed by atoms with E-state index < -0.39 is 11.9 Å². The average molecular weight is 512 g/mol. The number of nitrogens with zero attached hydrogens (tertiary/aromatic N) is 2. The minimum Gasteiger partial charge on any atom is -0.366 e. The number of aromatic amines is 1. The third-order valence-electron chi connectivity index (χ3n) is 6.46. The number of nitrogens with one attached hydrogen (secondary N) is 2. The number of primary amides is 1. The fourth-order valence-electron chi connectivity index (χ4n) is 4.50. The molecule has 0 aliphatic heterocycles. The van der Waals surface area contributed by atoms with Crippen LogP contribution in [-0.2, 0) is 13.5 Å². The maximum atomic E-state index is 13.8. The van der Waals surface area contributed by atoms with E-state index in [-0.39, 0.29) is 5.78 Å². The molecule has 186 valence electrons. The van der Waals surface area contributed by atoms with Crippen molar-refractivity contribution in [2.75, 3.05) is 6.54 Å². The smallest absolute Gasteiger partial charge is 0.248 e. The standard InChI is InChI=1S/C29H26ClN5O2/c1-35-17-22(15-34-35)20-9-10-23-24(16-33-26(23)14-20)28(36)27(19-5-3-2-4-6-19)32-12-11-18-7-8-21(29(31)37)13-25(18)30/h2-10,13-17,27,32-33H,11-12H2,1H3,(H2,31,37). The lowest BCUT2D eigenvalue weighted by molar-refractivity contribution is 0.0943. The monoisotopic (exact) mass is 511 g/mol. The van der Waals surface area contributed by atoms with Crippen LogP contribution in [0.5, 0.6) is 0 Å². The van der Waals surface area contributed by atoms with Gasteiger partial charge in [0, 0.05) is 58.6 Å². The Bertz CT molecular complexity index is 1590. The Labute approximate surface area is 219 Å². The van der Waals surface area contributed by atoms with Gasteiger partial charge in [0.1, 0.15) is 0 Å². The summed E-state index contributed by atoms with van der Waals surface area (Å²) in [6, 6.07) is 20.2. The number of ketones is 1. The molecule has 0 bridgehead atoms. The first-order valence-corrected chi connectivity index (χ1v) is 12.3. The molecule has 5 aromatic rings. The molecule has 2 aromatic heterocycles. The number of rotatable bonds is 9. The maximum absolute atomic E-state index is 13.8. The highest BCUT2D eigenvalue weighted by Crippen LogP contribution is 2.29. The van der Waals surface area contributed by atoms with E-state index in [1.54, 1.807) is 29.1 Å². The quantitative estimate of drug-likeness (QED) is 0.240. The van der Waals surface area contributed by atoms with E-state index in [9.17, 15) is 9.59 Å². The van der Waals surface area contributed by atoms with Crippen LogP contribution in [-0.4, -0.2) is 33.0 Å². The van der Waals surface area contributed by atoms with Crippen LogP contribution in [0.2, 0.25) is 5.02 Å². The van der Waals surface area contributed by atoms with Crippen molar-refractivity contribution in [1.29, 1.82) is 0 Å². The van der Waals surface area contributed by atoms with Gasteiger partial charge in [-0.1, -0.05) is 60.1 Å². The molecule has 0 aliphatic rings. The summed E-state index contributed by atoms with van der Waals surface area (Å²) in [6.45, 7) is 0.508. The van der Waals surface area contributed by atoms with Crippen molar-refractivity contribution in [1.82, 2.24) is 20.1 Å². The summed E-state index contributed by atoms with van der Waals surface area (Å²) in [4.78, 5) is 28.5. The Morgan fingerprint density at radius 1 is 1.08 bits per heavy atom. The van der Waals surface area contributed by atoms with Gasteiger partial charge in [-0.15, -0.1) is 0 Å². The molecule has 4 N–H and O–H groups in total. The lowest BCUT2D eigenvalue weighted by atomic mass is 9.96. The zero-order chi connectivity index (χ0) is 25.9. The fraction of sp³-hybridized carbons (Fsp3) is 0.138. The van der Waals surface area contributed by atoms with Gasteiger partial charge in [0.05, 0.1) is 12.2 Å². The van der Waals surface area contributed by atoms with Gasteiger partial charge >= 0.3 is 0 Å². The highest BCUT2D eigenvalue weighted by Gasteiger charge is 2.24. The first kappa shape index (κ1) is 24.5. The molecule has 7 nitrogen and oxygen atoms in total. The minimum absolute atomic E-state index is 0.0262.